The Kier molecular flexibility index (Phi) is 3.75. The zero-order valence-corrected chi connectivity index (χ0v) is 10.3. The SMILES string of the molecule is Cc1ccc(C(N)C(=O)Nc2ccccc2)cc1. The Morgan fingerprint density at radius 1 is 1.06 bits per heavy atom. The highest BCUT2D eigenvalue weighted by Crippen LogP contribution is 2.14. The summed E-state index contributed by atoms with van der Waals surface area (Å²) in [7, 11) is 0. The molecule has 18 heavy (non-hydrogen) atoms. The van der Waals surface area contributed by atoms with Gasteiger partial charge < -0.3 is 11.1 Å². The number of carbonyl (C=O) groups excluding carboxylic acids is 1. The van der Waals surface area contributed by atoms with Crippen LogP contribution in [0.1, 0.15) is 17.2 Å². The molecule has 3 N–H and O–H groups in total. The van der Waals surface area contributed by atoms with Crippen molar-refractivity contribution in [1.29, 1.82) is 0 Å². The molecule has 1 amide bonds. The van der Waals surface area contributed by atoms with Gasteiger partial charge in [0.1, 0.15) is 6.04 Å². The van der Waals surface area contributed by atoms with E-state index in [-0.39, 0.29) is 5.91 Å². The van der Waals surface area contributed by atoms with E-state index in [0.717, 1.165) is 16.8 Å². The second-order valence-electron chi connectivity index (χ2n) is 4.24. The van der Waals surface area contributed by atoms with E-state index in [4.69, 9.17) is 5.73 Å². The van der Waals surface area contributed by atoms with Crippen molar-refractivity contribution in [3.63, 3.8) is 0 Å². The predicted octanol–water partition coefficient (Wildman–Crippen LogP) is 2.63. The van der Waals surface area contributed by atoms with E-state index < -0.39 is 6.04 Å². The molecule has 0 fully saturated rings. The van der Waals surface area contributed by atoms with Crippen LogP contribution < -0.4 is 11.1 Å². The van der Waals surface area contributed by atoms with Crippen LogP contribution >= 0.6 is 0 Å². The standard InChI is InChI=1S/C15H16N2O/c1-11-7-9-12(10-8-11)14(16)15(18)17-13-5-3-2-4-6-13/h2-10,14H,16H2,1H3,(H,17,18). The quantitative estimate of drug-likeness (QED) is 0.866. The minimum absolute atomic E-state index is 0.204. The number of benzene rings is 2. The topological polar surface area (TPSA) is 55.1 Å². The lowest BCUT2D eigenvalue weighted by molar-refractivity contribution is -0.117. The molecule has 0 radical (unpaired) electrons. The van der Waals surface area contributed by atoms with Gasteiger partial charge in [-0.3, -0.25) is 4.79 Å². The van der Waals surface area contributed by atoms with E-state index in [1.54, 1.807) is 0 Å². The number of carbonyl (C=O) groups is 1. The largest absolute Gasteiger partial charge is 0.324 e. The summed E-state index contributed by atoms with van der Waals surface area (Å²) < 4.78 is 0. The molecule has 0 aliphatic rings. The summed E-state index contributed by atoms with van der Waals surface area (Å²) in [5, 5.41) is 2.79. The van der Waals surface area contributed by atoms with Crippen molar-refractivity contribution in [3.8, 4) is 0 Å². The van der Waals surface area contributed by atoms with Crippen LogP contribution in [0.15, 0.2) is 54.6 Å². The molecule has 0 aliphatic heterocycles. The number of hydrogen-bond donors (Lipinski definition) is 2. The molecule has 0 aliphatic carbocycles. The summed E-state index contributed by atoms with van der Waals surface area (Å²) in [6.45, 7) is 2.00. The smallest absolute Gasteiger partial charge is 0.245 e. The summed E-state index contributed by atoms with van der Waals surface area (Å²) in [5.74, 6) is -0.204. The summed E-state index contributed by atoms with van der Waals surface area (Å²) in [6, 6.07) is 16.3. The Hall–Kier alpha value is -2.13. The van der Waals surface area contributed by atoms with Gasteiger partial charge in [-0.25, -0.2) is 0 Å². The van der Waals surface area contributed by atoms with Gasteiger partial charge in [0.05, 0.1) is 0 Å². The number of anilines is 1. The maximum absolute atomic E-state index is 12.0. The Balaban J connectivity index is 2.07. The number of nitrogens with one attached hydrogen (secondary N) is 1. The second-order valence-corrected chi connectivity index (χ2v) is 4.24. The molecule has 0 saturated heterocycles. The maximum atomic E-state index is 12.0. The third kappa shape index (κ3) is 2.96. The molecule has 0 heterocycles. The van der Waals surface area contributed by atoms with E-state index in [1.807, 2.05) is 61.5 Å². The number of hydrogen-bond acceptors (Lipinski definition) is 2. The lowest BCUT2D eigenvalue weighted by Crippen LogP contribution is -2.27. The third-order valence-corrected chi connectivity index (χ3v) is 2.76. The zero-order valence-electron chi connectivity index (χ0n) is 10.3. The van der Waals surface area contributed by atoms with Gasteiger partial charge >= 0.3 is 0 Å². The van der Waals surface area contributed by atoms with Crippen molar-refractivity contribution >= 4 is 11.6 Å². The first-order chi connectivity index (χ1) is 8.66. The highest BCUT2D eigenvalue weighted by Gasteiger charge is 2.15. The van der Waals surface area contributed by atoms with Crippen LogP contribution in [0.3, 0.4) is 0 Å². The van der Waals surface area contributed by atoms with Crippen LogP contribution in [0.25, 0.3) is 0 Å². The number of rotatable bonds is 3. The second kappa shape index (κ2) is 5.47. The Labute approximate surface area is 107 Å². The molecule has 1 atom stereocenters. The van der Waals surface area contributed by atoms with Crippen LogP contribution in [-0.4, -0.2) is 5.91 Å². The fourth-order valence-electron chi connectivity index (χ4n) is 1.67. The molecule has 92 valence electrons. The molecule has 0 aromatic heterocycles. The van der Waals surface area contributed by atoms with E-state index in [0.29, 0.717) is 0 Å². The number of aryl methyl sites for hydroxylation is 1. The van der Waals surface area contributed by atoms with Gasteiger partial charge in [0.2, 0.25) is 5.91 Å². The minimum atomic E-state index is -0.647. The first-order valence-electron chi connectivity index (χ1n) is 5.85. The van der Waals surface area contributed by atoms with Gasteiger partial charge in [-0.1, -0.05) is 48.0 Å². The van der Waals surface area contributed by atoms with E-state index >= 15 is 0 Å². The van der Waals surface area contributed by atoms with Crippen molar-refractivity contribution in [2.75, 3.05) is 5.32 Å². The van der Waals surface area contributed by atoms with Gasteiger partial charge in [0.25, 0.3) is 0 Å². The number of nitrogens with two attached hydrogens (primary N) is 1. The number of para-hydroxylation sites is 1. The Morgan fingerprint density at radius 3 is 2.28 bits per heavy atom. The molecule has 0 bridgehead atoms. The van der Waals surface area contributed by atoms with E-state index in [9.17, 15) is 4.79 Å². The van der Waals surface area contributed by atoms with Crippen molar-refractivity contribution in [2.24, 2.45) is 5.73 Å². The first-order valence-corrected chi connectivity index (χ1v) is 5.85. The predicted molar refractivity (Wildman–Crippen MR) is 73.2 cm³/mol. The van der Waals surface area contributed by atoms with Crippen molar-refractivity contribution < 1.29 is 4.79 Å². The average Bonchev–Trinajstić information content (AvgIpc) is 2.40. The maximum Gasteiger partial charge on any atom is 0.245 e. The fourth-order valence-corrected chi connectivity index (χ4v) is 1.67. The molecule has 2 aromatic carbocycles. The van der Waals surface area contributed by atoms with Crippen LogP contribution in [0.2, 0.25) is 0 Å². The average molecular weight is 240 g/mol. The lowest BCUT2D eigenvalue weighted by atomic mass is 10.1. The van der Waals surface area contributed by atoms with Gasteiger partial charge in [-0.2, -0.15) is 0 Å². The minimum Gasteiger partial charge on any atom is -0.324 e. The Morgan fingerprint density at radius 2 is 1.67 bits per heavy atom. The normalized spacial score (nSPS) is 11.9. The molecule has 0 spiro atoms. The molecule has 1 unspecified atom stereocenters. The molecule has 2 aromatic rings. The number of amides is 1. The van der Waals surface area contributed by atoms with E-state index in [2.05, 4.69) is 5.32 Å². The monoisotopic (exact) mass is 240 g/mol. The first kappa shape index (κ1) is 12.3. The summed E-state index contributed by atoms with van der Waals surface area (Å²) in [4.78, 5) is 12.0. The molecule has 2 rings (SSSR count). The van der Waals surface area contributed by atoms with Crippen LogP contribution in [0, 0.1) is 6.92 Å². The van der Waals surface area contributed by atoms with E-state index in [1.165, 1.54) is 0 Å². The highest BCUT2D eigenvalue weighted by molar-refractivity contribution is 5.95. The van der Waals surface area contributed by atoms with Gasteiger partial charge in [-0.15, -0.1) is 0 Å². The highest BCUT2D eigenvalue weighted by atomic mass is 16.2. The Bertz CT molecular complexity index is 520. The zero-order chi connectivity index (χ0) is 13.0. The fraction of sp³-hybridized carbons (Fsp3) is 0.133. The summed E-state index contributed by atoms with van der Waals surface area (Å²) in [6.07, 6.45) is 0. The lowest BCUT2D eigenvalue weighted by Gasteiger charge is -2.12. The molecular weight excluding hydrogens is 224 g/mol. The van der Waals surface area contributed by atoms with Crippen molar-refractivity contribution in [2.45, 2.75) is 13.0 Å². The molecule has 0 saturated carbocycles. The molecular formula is C15H16N2O. The summed E-state index contributed by atoms with van der Waals surface area (Å²) >= 11 is 0. The summed E-state index contributed by atoms with van der Waals surface area (Å²) in [5.41, 5.74) is 8.64. The van der Waals surface area contributed by atoms with Crippen LogP contribution in [-0.2, 0) is 4.79 Å². The van der Waals surface area contributed by atoms with Crippen molar-refractivity contribution in [1.82, 2.24) is 0 Å². The van der Waals surface area contributed by atoms with Crippen molar-refractivity contribution in [3.05, 3.63) is 65.7 Å². The van der Waals surface area contributed by atoms with Gasteiger partial charge in [0, 0.05) is 5.69 Å². The van der Waals surface area contributed by atoms with Gasteiger partial charge in [-0.05, 0) is 24.6 Å². The third-order valence-electron chi connectivity index (χ3n) is 2.76. The van der Waals surface area contributed by atoms with Crippen LogP contribution in [0.4, 0.5) is 5.69 Å². The molecule has 3 heteroatoms. The van der Waals surface area contributed by atoms with Gasteiger partial charge in [0.15, 0.2) is 0 Å². The van der Waals surface area contributed by atoms with Crippen LogP contribution in [0.5, 0.6) is 0 Å². The molecule has 3 nitrogen and oxygen atoms in total.